The molecule has 7 heteroatoms. The van der Waals surface area contributed by atoms with E-state index in [1.165, 1.54) is 11.6 Å². The molecule has 0 unspecified atom stereocenters. The SMILES string of the molecule is CC(C)(C)c1ccc(OCCOc2cccc(C=C3C(=O)NC(=S)NC3=O)c2)cc1. The molecular weight excluding hydrogens is 400 g/mol. The molecule has 0 radical (unpaired) electrons. The highest BCUT2D eigenvalue weighted by Gasteiger charge is 2.25. The Balaban J connectivity index is 1.55. The fourth-order valence-electron chi connectivity index (χ4n) is 2.84. The highest BCUT2D eigenvalue weighted by Crippen LogP contribution is 2.24. The minimum Gasteiger partial charge on any atom is -0.490 e. The minimum absolute atomic E-state index is 0.00674. The molecule has 1 aliphatic heterocycles. The molecule has 0 spiro atoms. The van der Waals surface area contributed by atoms with Crippen LogP contribution in [0.5, 0.6) is 11.5 Å². The smallest absolute Gasteiger partial charge is 0.263 e. The van der Waals surface area contributed by atoms with Gasteiger partial charge in [0.15, 0.2) is 5.11 Å². The summed E-state index contributed by atoms with van der Waals surface area (Å²) in [7, 11) is 0. The molecule has 0 aromatic heterocycles. The highest BCUT2D eigenvalue weighted by molar-refractivity contribution is 7.80. The lowest BCUT2D eigenvalue weighted by Gasteiger charge is -2.19. The molecule has 2 amide bonds. The molecule has 2 aromatic rings. The van der Waals surface area contributed by atoms with Crippen LogP contribution in [0.2, 0.25) is 0 Å². The second-order valence-corrected chi connectivity index (χ2v) is 8.25. The summed E-state index contributed by atoms with van der Waals surface area (Å²) in [5.41, 5.74) is 2.01. The zero-order valence-corrected chi connectivity index (χ0v) is 18.0. The van der Waals surface area contributed by atoms with E-state index in [4.69, 9.17) is 21.7 Å². The predicted octanol–water partition coefficient (Wildman–Crippen LogP) is 3.36. The Morgan fingerprint density at radius 2 is 1.50 bits per heavy atom. The van der Waals surface area contributed by atoms with Gasteiger partial charge < -0.3 is 9.47 Å². The van der Waals surface area contributed by atoms with Crippen LogP contribution >= 0.6 is 12.2 Å². The van der Waals surface area contributed by atoms with Gasteiger partial charge in [-0.2, -0.15) is 0 Å². The van der Waals surface area contributed by atoms with Crippen molar-refractivity contribution in [1.29, 1.82) is 0 Å². The normalized spacial score (nSPS) is 14.1. The summed E-state index contributed by atoms with van der Waals surface area (Å²) in [6.07, 6.45) is 1.49. The van der Waals surface area contributed by atoms with Crippen molar-refractivity contribution in [3.8, 4) is 11.5 Å². The molecular formula is C23H24N2O4S. The van der Waals surface area contributed by atoms with E-state index in [9.17, 15) is 9.59 Å². The Morgan fingerprint density at radius 3 is 2.10 bits per heavy atom. The monoisotopic (exact) mass is 424 g/mol. The fraction of sp³-hybridized carbons (Fsp3) is 0.261. The Bertz CT molecular complexity index is 969. The molecule has 156 valence electrons. The first-order valence-electron chi connectivity index (χ1n) is 9.57. The van der Waals surface area contributed by atoms with E-state index in [0.717, 1.165) is 5.75 Å². The summed E-state index contributed by atoms with van der Waals surface area (Å²) < 4.78 is 11.5. The van der Waals surface area contributed by atoms with E-state index in [0.29, 0.717) is 24.5 Å². The lowest BCUT2D eigenvalue weighted by atomic mass is 9.87. The lowest BCUT2D eigenvalue weighted by molar-refractivity contribution is -0.123. The van der Waals surface area contributed by atoms with Crippen LogP contribution in [0.3, 0.4) is 0 Å². The lowest BCUT2D eigenvalue weighted by Crippen LogP contribution is -2.51. The van der Waals surface area contributed by atoms with Gasteiger partial charge in [0.05, 0.1) is 0 Å². The molecule has 0 aliphatic carbocycles. The van der Waals surface area contributed by atoms with Crippen molar-refractivity contribution in [3.63, 3.8) is 0 Å². The van der Waals surface area contributed by atoms with Gasteiger partial charge in [0.2, 0.25) is 0 Å². The summed E-state index contributed by atoms with van der Waals surface area (Å²) in [5.74, 6) is 0.349. The van der Waals surface area contributed by atoms with Crippen molar-refractivity contribution in [3.05, 3.63) is 65.2 Å². The second-order valence-electron chi connectivity index (χ2n) is 7.84. The van der Waals surface area contributed by atoms with Gasteiger partial charge in [0.25, 0.3) is 11.8 Å². The highest BCUT2D eigenvalue weighted by atomic mass is 32.1. The first kappa shape index (κ1) is 21.5. The van der Waals surface area contributed by atoms with Crippen molar-refractivity contribution in [2.75, 3.05) is 13.2 Å². The van der Waals surface area contributed by atoms with Crippen LogP contribution in [0.25, 0.3) is 6.08 Å². The standard InChI is InChI=1S/C23H24N2O4S/c1-23(2,3)16-7-9-17(10-8-16)28-11-12-29-18-6-4-5-15(13-18)14-19-20(26)24-22(30)25-21(19)27/h4-10,13-14H,11-12H2,1-3H3,(H2,24,25,26,27,30). The summed E-state index contributed by atoms with van der Waals surface area (Å²) in [5, 5.41) is 4.82. The average Bonchev–Trinajstić information content (AvgIpc) is 2.68. The first-order valence-corrected chi connectivity index (χ1v) is 9.98. The van der Waals surface area contributed by atoms with E-state index < -0.39 is 11.8 Å². The Kier molecular flexibility index (Phi) is 6.52. The van der Waals surface area contributed by atoms with E-state index in [-0.39, 0.29) is 16.1 Å². The molecule has 6 nitrogen and oxygen atoms in total. The molecule has 30 heavy (non-hydrogen) atoms. The van der Waals surface area contributed by atoms with Crippen molar-refractivity contribution in [2.45, 2.75) is 26.2 Å². The maximum absolute atomic E-state index is 12.0. The number of rotatable bonds is 6. The van der Waals surface area contributed by atoms with Gasteiger partial charge in [0, 0.05) is 0 Å². The van der Waals surface area contributed by atoms with Gasteiger partial charge in [-0.15, -0.1) is 0 Å². The summed E-state index contributed by atoms with van der Waals surface area (Å²) in [4.78, 5) is 23.9. The van der Waals surface area contributed by atoms with Crippen LogP contribution in [0.1, 0.15) is 31.9 Å². The minimum atomic E-state index is -0.527. The van der Waals surface area contributed by atoms with Gasteiger partial charge >= 0.3 is 0 Å². The number of hydrogen-bond donors (Lipinski definition) is 2. The predicted molar refractivity (Wildman–Crippen MR) is 119 cm³/mol. The maximum atomic E-state index is 12.0. The Hall–Kier alpha value is -3.19. The van der Waals surface area contributed by atoms with E-state index in [1.807, 2.05) is 12.1 Å². The van der Waals surface area contributed by atoms with Crippen molar-refractivity contribution >= 4 is 35.2 Å². The van der Waals surface area contributed by atoms with Crippen molar-refractivity contribution in [1.82, 2.24) is 10.6 Å². The third-order valence-electron chi connectivity index (χ3n) is 4.45. The summed E-state index contributed by atoms with van der Waals surface area (Å²) in [6, 6.07) is 15.2. The molecule has 1 saturated heterocycles. The Morgan fingerprint density at radius 1 is 0.900 bits per heavy atom. The third kappa shape index (κ3) is 5.67. The number of carbonyl (C=O) groups is 2. The molecule has 0 bridgehead atoms. The van der Waals surface area contributed by atoms with Gasteiger partial charge in [-0.25, -0.2) is 0 Å². The van der Waals surface area contributed by atoms with Gasteiger partial charge in [-0.1, -0.05) is 45.0 Å². The molecule has 0 saturated carbocycles. The molecule has 1 heterocycles. The third-order valence-corrected chi connectivity index (χ3v) is 4.66. The number of nitrogens with one attached hydrogen (secondary N) is 2. The van der Waals surface area contributed by atoms with Crippen molar-refractivity contribution in [2.24, 2.45) is 0 Å². The molecule has 3 rings (SSSR count). The molecule has 2 aromatic carbocycles. The second kappa shape index (κ2) is 9.09. The maximum Gasteiger partial charge on any atom is 0.263 e. The van der Waals surface area contributed by atoms with Crippen LogP contribution in [0.15, 0.2) is 54.1 Å². The zero-order chi connectivity index (χ0) is 21.7. The van der Waals surface area contributed by atoms with Gasteiger partial charge in [0.1, 0.15) is 30.3 Å². The summed E-state index contributed by atoms with van der Waals surface area (Å²) >= 11 is 4.79. The van der Waals surface area contributed by atoms with E-state index >= 15 is 0 Å². The van der Waals surface area contributed by atoms with Crippen LogP contribution in [-0.2, 0) is 15.0 Å². The van der Waals surface area contributed by atoms with Crippen LogP contribution < -0.4 is 20.1 Å². The topological polar surface area (TPSA) is 76.7 Å². The average molecular weight is 425 g/mol. The first-order chi connectivity index (χ1) is 14.2. The molecule has 1 fully saturated rings. The quantitative estimate of drug-likeness (QED) is 0.322. The van der Waals surface area contributed by atoms with Crippen molar-refractivity contribution < 1.29 is 19.1 Å². The fourth-order valence-corrected chi connectivity index (χ4v) is 3.02. The number of carbonyl (C=O) groups excluding carboxylic acids is 2. The van der Waals surface area contributed by atoms with E-state index in [2.05, 4.69) is 43.5 Å². The number of benzene rings is 2. The van der Waals surface area contributed by atoms with Gasteiger partial charge in [-0.3, -0.25) is 20.2 Å². The van der Waals surface area contributed by atoms with E-state index in [1.54, 1.807) is 24.3 Å². The van der Waals surface area contributed by atoms with Crippen LogP contribution in [0.4, 0.5) is 0 Å². The molecule has 2 N–H and O–H groups in total. The zero-order valence-electron chi connectivity index (χ0n) is 17.2. The largest absolute Gasteiger partial charge is 0.490 e. The van der Waals surface area contributed by atoms with Gasteiger partial charge in [-0.05, 0) is 59.1 Å². The summed E-state index contributed by atoms with van der Waals surface area (Å²) in [6.45, 7) is 7.26. The number of ether oxygens (including phenoxy) is 2. The number of hydrogen-bond acceptors (Lipinski definition) is 5. The molecule has 1 aliphatic rings. The number of thiocarbonyl (C=S) groups is 1. The number of amides is 2. The van der Waals surface area contributed by atoms with Crippen LogP contribution in [-0.4, -0.2) is 30.1 Å². The Labute approximate surface area is 181 Å². The van der Waals surface area contributed by atoms with Crippen LogP contribution in [0, 0.1) is 0 Å². The molecule has 0 atom stereocenters.